The number of carbonyl (C=O) groups excluding carboxylic acids is 1. The molecule has 1 amide bonds. The van der Waals surface area contributed by atoms with Gasteiger partial charge in [0, 0.05) is 17.5 Å². The second-order valence-electron chi connectivity index (χ2n) is 7.14. The van der Waals surface area contributed by atoms with Gasteiger partial charge in [-0.15, -0.1) is 11.3 Å². The van der Waals surface area contributed by atoms with Crippen LogP contribution < -0.4 is 5.32 Å². The first-order valence-corrected chi connectivity index (χ1v) is 10.1. The van der Waals surface area contributed by atoms with E-state index in [4.69, 9.17) is 0 Å². The molecular weight excluding hydrogens is 328 g/mol. The summed E-state index contributed by atoms with van der Waals surface area (Å²) in [5.41, 5.74) is 2.64. The van der Waals surface area contributed by atoms with E-state index in [1.165, 1.54) is 22.4 Å². The van der Waals surface area contributed by atoms with Crippen LogP contribution in [-0.4, -0.2) is 30.4 Å². The Bertz CT molecular complexity index is 664. The van der Waals surface area contributed by atoms with Crippen molar-refractivity contribution in [2.24, 2.45) is 0 Å². The monoisotopic (exact) mass is 356 g/mol. The normalized spacial score (nSPS) is 18.0. The van der Waals surface area contributed by atoms with E-state index in [-0.39, 0.29) is 5.91 Å². The zero-order chi connectivity index (χ0) is 17.6. The van der Waals surface area contributed by atoms with E-state index < -0.39 is 0 Å². The lowest BCUT2D eigenvalue weighted by Gasteiger charge is -2.22. The van der Waals surface area contributed by atoms with Crippen LogP contribution in [0.5, 0.6) is 0 Å². The van der Waals surface area contributed by atoms with Crippen LogP contribution in [0.1, 0.15) is 54.7 Å². The van der Waals surface area contributed by atoms with Gasteiger partial charge in [0.2, 0.25) is 5.91 Å². The average Bonchev–Trinajstić information content (AvgIpc) is 3.26. The summed E-state index contributed by atoms with van der Waals surface area (Å²) in [6.45, 7) is 6.65. The highest BCUT2D eigenvalue weighted by Gasteiger charge is 2.27. The minimum Gasteiger partial charge on any atom is -0.355 e. The van der Waals surface area contributed by atoms with E-state index in [0.29, 0.717) is 25.0 Å². The first kappa shape index (κ1) is 18.2. The van der Waals surface area contributed by atoms with Crippen LogP contribution in [0.25, 0.3) is 0 Å². The lowest BCUT2D eigenvalue weighted by atomic mass is 10.0. The SMILES string of the molecule is CC(C)c1ccc(CCNC(=O)CN2CCC[C@@H]2c2cccs2)cc1. The molecule has 134 valence electrons. The van der Waals surface area contributed by atoms with Gasteiger partial charge in [0.1, 0.15) is 0 Å². The molecule has 3 rings (SSSR count). The number of amides is 1. The van der Waals surface area contributed by atoms with Crippen LogP contribution in [0.15, 0.2) is 41.8 Å². The Morgan fingerprint density at radius 1 is 1.28 bits per heavy atom. The minimum absolute atomic E-state index is 0.141. The Kier molecular flexibility index (Phi) is 6.27. The average molecular weight is 357 g/mol. The first-order chi connectivity index (χ1) is 12.1. The summed E-state index contributed by atoms with van der Waals surface area (Å²) in [5.74, 6) is 0.702. The summed E-state index contributed by atoms with van der Waals surface area (Å²) in [6, 6.07) is 13.4. The summed E-state index contributed by atoms with van der Waals surface area (Å²) in [6.07, 6.45) is 3.23. The maximum Gasteiger partial charge on any atom is 0.234 e. The standard InChI is InChI=1S/C21H28N2OS/c1-16(2)18-9-7-17(8-10-18)11-12-22-21(24)15-23-13-3-5-19(23)20-6-4-14-25-20/h4,6-10,14,16,19H,3,5,11-13,15H2,1-2H3,(H,22,24)/t19-/m1/s1. The highest BCUT2D eigenvalue weighted by Crippen LogP contribution is 2.33. The molecule has 0 unspecified atom stereocenters. The third-order valence-corrected chi connectivity index (χ3v) is 5.94. The lowest BCUT2D eigenvalue weighted by Crippen LogP contribution is -2.37. The van der Waals surface area contributed by atoms with Crippen LogP contribution >= 0.6 is 11.3 Å². The fourth-order valence-electron chi connectivity index (χ4n) is 3.47. The van der Waals surface area contributed by atoms with Crippen molar-refractivity contribution in [2.75, 3.05) is 19.6 Å². The Balaban J connectivity index is 1.43. The largest absolute Gasteiger partial charge is 0.355 e. The highest BCUT2D eigenvalue weighted by atomic mass is 32.1. The number of carbonyl (C=O) groups is 1. The molecule has 2 aromatic rings. The third kappa shape index (κ3) is 4.93. The molecule has 3 nitrogen and oxygen atoms in total. The Morgan fingerprint density at radius 3 is 2.76 bits per heavy atom. The van der Waals surface area contributed by atoms with Crippen molar-refractivity contribution in [3.63, 3.8) is 0 Å². The second kappa shape index (κ2) is 8.63. The minimum atomic E-state index is 0.141. The van der Waals surface area contributed by atoms with Gasteiger partial charge in [0.15, 0.2) is 0 Å². The molecule has 1 aliphatic rings. The molecule has 1 saturated heterocycles. The number of rotatable bonds is 7. The molecule has 1 fully saturated rings. The molecule has 25 heavy (non-hydrogen) atoms. The molecule has 0 aliphatic carbocycles. The van der Waals surface area contributed by atoms with E-state index in [2.05, 4.69) is 65.8 Å². The predicted octanol–water partition coefficient (Wildman–Crippen LogP) is 4.37. The topological polar surface area (TPSA) is 32.3 Å². The third-order valence-electron chi connectivity index (χ3n) is 4.96. The van der Waals surface area contributed by atoms with Gasteiger partial charge in [-0.05, 0) is 54.3 Å². The van der Waals surface area contributed by atoms with Gasteiger partial charge in [0.25, 0.3) is 0 Å². The molecule has 1 aromatic heterocycles. The number of thiophene rings is 1. The zero-order valence-corrected chi connectivity index (χ0v) is 16.0. The van der Waals surface area contributed by atoms with Crippen molar-refractivity contribution < 1.29 is 4.79 Å². The number of hydrogen-bond donors (Lipinski definition) is 1. The van der Waals surface area contributed by atoms with Gasteiger partial charge < -0.3 is 5.32 Å². The number of likely N-dealkylation sites (tertiary alicyclic amines) is 1. The molecule has 2 heterocycles. The second-order valence-corrected chi connectivity index (χ2v) is 8.12. The molecular formula is C21H28N2OS. The number of hydrogen-bond acceptors (Lipinski definition) is 3. The molecule has 1 atom stereocenters. The van der Waals surface area contributed by atoms with Crippen molar-refractivity contribution in [2.45, 2.75) is 45.1 Å². The highest BCUT2D eigenvalue weighted by molar-refractivity contribution is 7.10. The van der Waals surface area contributed by atoms with Gasteiger partial charge in [-0.3, -0.25) is 9.69 Å². The maximum absolute atomic E-state index is 12.3. The van der Waals surface area contributed by atoms with Crippen molar-refractivity contribution >= 4 is 17.2 Å². The van der Waals surface area contributed by atoms with E-state index in [1.54, 1.807) is 11.3 Å². The summed E-state index contributed by atoms with van der Waals surface area (Å²) < 4.78 is 0. The van der Waals surface area contributed by atoms with E-state index in [0.717, 1.165) is 19.4 Å². The van der Waals surface area contributed by atoms with Crippen molar-refractivity contribution in [3.8, 4) is 0 Å². The fraction of sp³-hybridized carbons (Fsp3) is 0.476. The first-order valence-electron chi connectivity index (χ1n) is 9.26. The quantitative estimate of drug-likeness (QED) is 0.799. The summed E-state index contributed by atoms with van der Waals surface area (Å²) in [5, 5.41) is 5.21. The molecule has 1 N–H and O–H groups in total. The van der Waals surface area contributed by atoms with E-state index in [9.17, 15) is 4.79 Å². The van der Waals surface area contributed by atoms with Gasteiger partial charge in [-0.2, -0.15) is 0 Å². The molecule has 0 spiro atoms. The van der Waals surface area contributed by atoms with Crippen LogP contribution in [-0.2, 0) is 11.2 Å². The smallest absolute Gasteiger partial charge is 0.234 e. The predicted molar refractivity (Wildman–Crippen MR) is 105 cm³/mol. The van der Waals surface area contributed by atoms with Crippen molar-refractivity contribution in [3.05, 3.63) is 57.8 Å². The zero-order valence-electron chi connectivity index (χ0n) is 15.2. The van der Waals surface area contributed by atoms with Gasteiger partial charge in [-0.25, -0.2) is 0 Å². The van der Waals surface area contributed by atoms with Crippen LogP contribution in [0, 0.1) is 0 Å². The fourth-order valence-corrected chi connectivity index (χ4v) is 4.37. The molecule has 0 radical (unpaired) electrons. The van der Waals surface area contributed by atoms with Crippen LogP contribution in [0.2, 0.25) is 0 Å². The van der Waals surface area contributed by atoms with Gasteiger partial charge in [-0.1, -0.05) is 44.2 Å². The number of benzene rings is 1. The Labute approximate surface area is 155 Å². The van der Waals surface area contributed by atoms with Gasteiger partial charge >= 0.3 is 0 Å². The summed E-state index contributed by atoms with van der Waals surface area (Å²) in [7, 11) is 0. The Hall–Kier alpha value is -1.65. The molecule has 1 aliphatic heterocycles. The van der Waals surface area contributed by atoms with E-state index in [1.807, 2.05) is 0 Å². The molecule has 1 aromatic carbocycles. The summed E-state index contributed by atoms with van der Waals surface area (Å²) >= 11 is 1.80. The van der Waals surface area contributed by atoms with Crippen LogP contribution in [0.4, 0.5) is 0 Å². The van der Waals surface area contributed by atoms with Crippen molar-refractivity contribution in [1.82, 2.24) is 10.2 Å². The summed E-state index contributed by atoms with van der Waals surface area (Å²) in [4.78, 5) is 16.0. The molecule has 0 bridgehead atoms. The number of nitrogens with zero attached hydrogens (tertiary/aromatic N) is 1. The van der Waals surface area contributed by atoms with E-state index >= 15 is 0 Å². The van der Waals surface area contributed by atoms with Gasteiger partial charge in [0.05, 0.1) is 6.54 Å². The van der Waals surface area contributed by atoms with Crippen molar-refractivity contribution in [1.29, 1.82) is 0 Å². The molecule has 4 heteroatoms. The lowest BCUT2D eigenvalue weighted by molar-refractivity contribution is -0.122. The molecule has 0 saturated carbocycles. The van der Waals surface area contributed by atoms with Crippen LogP contribution in [0.3, 0.4) is 0 Å². The maximum atomic E-state index is 12.3. The Morgan fingerprint density at radius 2 is 2.08 bits per heavy atom. The number of nitrogens with one attached hydrogen (secondary N) is 1.